The summed E-state index contributed by atoms with van der Waals surface area (Å²) in [4.78, 5) is 19.0. The zero-order chi connectivity index (χ0) is 17.9. The average Bonchev–Trinajstić information content (AvgIpc) is 3.11. The van der Waals surface area contributed by atoms with E-state index in [9.17, 15) is 4.79 Å². The van der Waals surface area contributed by atoms with Crippen LogP contribution in [0.15, 0.2) is 54.9 Å². The molecule has 0 aliphatic carbocycles. The topological polar surface area (TPSA) is 61.9 Å². The number of likely N-dealkylation sites (tertiary alicyclic amines) is 1. The Morgan fingerprint density at radius 3 is 2.58 bits per heavy atom. The van der Waals surface area contributed by atoms with Gasteiger partial charge >= 0.3 is 0 Å². The van der Waals surface area contributed by atoms with Crippen molar-refractivity contribution < 1.29 is 4.79 Å². The number of carbonyl (C=O) groups is 1. The maximum atomic E-state index is 12.6. The van der Waals surface area contributed by atoms with Gasteiger partial charge in [0.2, 0.25) is 0 Å². The molecular formula is C21H20N4O. The van der Waals surface area contributed by atoms with Crippen LogP contribution in [-0.4, -0.2) is 33.4 Å². The highest BCUT2D eigenvalue weighted by Gasteiger charge is 2.24. The van der Waals surface area contributed by atoms with Crippen LogP contribution >= 0.6 is 0 Å². The standard InChI is InChI=1S/C21H20N4O/c22-13-16-5-7-18(8-6-16)21(26)24-11-9-17(10-12-24)14-25-15-23-19-3-1-2-4-20(19)25/h1-8,15,17H,9-12,14H2. The van der Waals surface area contributed by atoms with Crippen molar-refractivity contribution in [3.63, 3.8) is 0 Å². The number of nitriles is 1. The van der Waals surface area contributed by atoms with Gasteiger partial charge in [-0.2, -0.15) is 5.26 Å². The van der Waals surface area contributed by atoms with E-state index in [-0.39, 0.29) is 5.91 Å². The van der Waals surface area contributed by atoms with Gasteiger partial charge in [-0.05, 0) is 55.2 Å². The summed E-state index contributed by atoms with van der Waals surface area (Å²) in [5.74, 6) is 0.610. The van der Waals surface area contributed by atoms with Crippen molar-refractivity contribution in [2.75, 3.05) is 13.1 Å². The minimum absolute atomic E-state index is 0.0565. The summed E-state index contributed by atoms with van der Waals surface area (Å²) in [5.41, 5.74) is 3.43. The molecule has 26 heavy (non-hydrogen) atoms. The Bertz CT molecular complexity index is 960. The molecule has 3 aromatic rings. The summed E-state index contributed by atoms with van der Waals surface area (Å²) in [6, 6.07) is 17.1. The number of hydrogen-bond acceptors (Lipinski definition) is 3. The number of piperidine rings is 1. The van der Waals surface area contributed by atoms with Crippen LogP contribution in [0.1, 0.15) is 28.8 Å². The fourth-order valence-electron chi connectivity index (χ4n) is 3.62. The predicted molar refractivity (Wildman–Crippen MR) is 99.5 cm³/mol. The second kappa shape index (κ2) is 7.01. The number of aromatic nitrogens is 2. The van der Waals surface area contributed by atoms with E-state index in [1.54, 1.807) is 24.3 Å². The van der Waals surface area contributed by atoms with Gasteiger partial charge in [0.1, 0.15) is 0 Å². The largest absolute Gasteiger partial charge is 0.339 e. The normalized spacial score (nSPS) is 15.1. The van der Waals surface area contributed by atoms with Crippen molar-refractivity contribution in [3.05, 3.63) is 66.0 Å². The Kier molecular flexibility index (Phi) is 4.40. The first-order chi connectivity index (χ1) is 12.7. The van der Waals surface area contributed by atoms with E-state index >= 15 is 0 Å². The van der Waals surface area contributed by atoms with E-state index in [4.69, 9.17) is 5.26 Å². The average molecular weight is 344 g/mol. The number of hydrogen-bond donors (Lipinski definition) is 0. The van der Waals surface area contributed by atoms with Crippen molar-refractivity contribution in [1.82, 2.24) is 14.5 Å². The molecule has 2 heterocycles. The lowest BCUT2D eigenvalue weighted by molar-refractivity contribution is 0.0683. The number of nitrogens with zero attached hydrogens (tertiary/aromatic N) is 4. The molecule has 1 amide bonds. The third-order valence-corrected chi connectivity index (χ3v) is 5.14. The Hall–Kier alpha value is -3.13. The molecule has 0 atom stereocenters. The first kappa shape index (κ1) is 16.3. The van der Waals surface area contributed by atoms with Crippen LogP contribution in [0.4, 0.5) is 0 Å². The molecule has 1 aliphatic heterocycles. The maximum absolute atomic E-state index is 12.6. The monoisotopic (exact) mass is 344 g/mol. The Labute approximate surface area is 152 Å². The van der Waals surface area contributed by atoms with E-state index in [0.29, 0.717) is 17.0 Å². The summed E-state index contributed by atoms with van der Waals surface area (Å²) in [6.45, 7) is 2.49. The lowest BCUT2D eigenvalue weighted by Crippen LogP contribution is -2.39. The van der Waals surface area contributed by atoms with Crippen molar-refractivity contribution in [2.24, 2.45) is 5.92 Å². The molecule has 0 bridgehead atoms. The van der Waals surface area contributed by atoms with Crippen LogP contribution in [0, 0.1) is 17.2 Å². The number of amides is 1. The summed E-state index contributed by atoms with van der Waals surface area (Å²) in [7, 11) is 0. The molecule has 0 radical (unpaired) electrons. The van der Waals surface area contributed by atoms with Crippen molar-refractivity contribution in [3.8, 4) is 6.07 Å². The van der Waals surface area contributed by atoms with Crippen LogP contribution in [0.3, 0.4) is 0 Å². The van der Waals surface area contributed by atoms with Gasteiger partial charge in [0.15, 0.2) is 0 Å². The molecule has 0 unspecified atom stereocenters. The number of fused-ring (bicyclic) bond motifs is 1. The minimum Gasteiger partial charge on any atom is -0.339 e. The minimum atomic E-state index is 0.0565. The van der Waals surface area contributed by atoms with Gasteiger partial charge in [-0.3, -0.25) is 4.79 Å². The van der Waals surface area contributed by atoms with Crippen LogP contribution in [0.25, 0.3) is 11.0 Å². The van der Waals surface area contributed by atoms with Crippen molar-refractivity contribution in [2.45, 2.75) is 19.4 Å². The first-order valence-corrected chi connectivity index (χ1v) is 8.94. The van der Waals surface area contributed by atoms with Gasteiger partial charge in [0, 0.05) is 25.2 Å². The number of para-hydroxylation sites is 2. The Morgan fingerprint density at radius 1 is 1.12 bits per heavy atom. The van der Waals surface area contributed by atoms with Crippen molar-refractivity contribution in [1.29, 1.82) is 5.26 Å². The van der Waals surface area contributed by atoms with Gasteiger partial charge < -0.3 is 9.47 Å². The fourth-order valence-corrected chi connectivity index (χ4v) is 3.62. The van der Waals surface area contributed by atoms with E-state index < -0.39 is 0 Å². The van der Waals surface area contributed by atoms with E-state index in [1.807, 2.05) is 29.4 Å². The molecule has 5 nitrogen and oxygen atoms in total. The summed E-state index contributed by atoms with van der Waals surface area (Å²) >= 11 is 0. The van der Waals surface area contributed by atoms with Crippen LogP contribution < -0.4 is 0 Å². The van der Waals surface area contributed by atoms with Crippen LogP contribution in [0.2, 0.25) is 0 Å². The highest BCUT2D eigenvalue weighted by Crippen LogP contribution is 2.23. The molecule has 0 spiro atoms. The molecule has 0 saturated carbocycles. The van der Waals surface area contributed by atoms with Crippen LogP contribution in [-0.2, 0) is 6.54 Å². The molecule has 1 fully saturated rings. The highest BCUT2D eigenvalue weighted by atomic mass is 16.2. The van der Waals surface area contributed by atoms with Gasteiger partial charge in [-0.25, -0.2) is 4.98 Å². The lowest BCUT2D eigenvalue weighted by Gasteiger charge is -2.32. The highest BCUT2D eigenvalue weighted by molar-refractivity contribution is 5.94. The summed E-state index contributed by atoms with van der Waals surface area (Å²) < 4.78 is 2.22. The third kappa shape index (κ3) is 3.18. The molecule has 130 valence electrons. The van der Waals surface area contributed by atoms with Gasteiger partial charge in [-0.15, -0.1) is 0 Å². The Balaban J connectivity index is 1.37. The molecular weight excluding hydrogens is 324 g/mol. The van der Waals surface area contributed by atoms with E-state index in [2.05, 4.69) is 21.7 Å². The molecule has 5 heteroatoms. The molecule has 2 aromatic carbocycles. The van der Waals surface area contributed by atoms with Crippen LogP contribution in [0.5, 0.6) is 0 Å². The second-order valence-corrected chi connectivity index (χ2v) is 6.81. The quantitative estimate of drug-likeness (QED) is 0.731. The number of imidazole rings is 1. The number of carbonyl (C=O) groups excluding carboxylic acids is 1. The molecule has 1 aliphatic rings. The second-order valence-electron chi connectivity index (χ2n) is 6.81. The predicted octanol–water partition coefficient (Wildman–Crippen LogP) is 3.46. The summed E-state index contributed by atoms with van der Waals surface area (Å²) in [5, 5.41) is 8.86. The van der Waals surface area contributed by atoms with E-state index in [0.717, 1.165) is 38.0 Å². The van der Waals surface area contributed by atoms with Crippen molar-refractivity contribution >= 4 is 16.9 Å². The van der Waals surface area contributed by atoms with Gasteiger partial charge in [0.25, 0.3) is 5.91 Å². The smallest absolute Gasteiger partial charge is 0.253 e. The lowest BCUT2D eigenvalue weighted by atomic mass is 9.96. The molecule has 1 aromatic heterocycles. The number of benzene rings is 2. The zero-order valence-corrected chi connectivity index (χ0v) is 14.5. The Morgan fingerprint density at radius 2 is 1.85 bits per heavy atom. The summed E-state index contributed by atoms with van der Waals surface area (Å²) in [6.07, 6.45) is 3.90. The van der Waals surface area contributed by atoms with E-state index in [1.165, 1.54) is 5.52 Å². The molecule has 1 saturated heterocycles. The zero-order valence-electron chi connectivity index (χ0n) is 14.5. The molecule has 0 N–H and O–H groups in total. The maximum Gasteiger partial charge on any atom is 0.253 e. The third-order valence-electron chi connectivity index (χ3n) is 5.14. The molecule has 4 rings (SSSR count). The van der Waals surface area contributed by atoms with Gasteiger partial charge in [0.05, 0.1) is 29.0 Å². The fraction of sp³-hybridized carbons (Fsp3) is 0.286. The van der Waals surface area contributed by atoms with Gasteiger partial charge in [-0.1, -0.05) is 12.1 Å². The first-order valence-electron chi connectivity index (χ1n) is 8.94. The number of rotatable bonds is 3. The SMILES string of the molecule is N#Cc1ccc(C(=O)N2CCC(Cn3cnc4ccccc43)CC2)cc1.